The van der Waals surface area contributed by atoms with Gasteiger partial charge in [-0.2, -0.15) is 0 Å². The summed E-state index contributed by atoms with van der Waals surface area (Å²) in [5.74, 6) is -0.173. The predicted octanol–water partition coefficient (Wildman–Crippen LogP) is 2.39. The minimum atomic E-state index is -1.05. The van der Waals surface area contributed by atoms with Gasteiger partial charge in [0.15, 0.2) is 5.69 Å². The molecule has 1 aliphatic carbocycles. The number of carbonyl (C=O) groups excluding carboxylic acids is 1. The second-order valence-electron chi connectivity index (χ2n) is 5.08. The van der Waals surface area contributed by atoms with Gasteiger partial charge in [-0.25, -0.2) is 14.6 Å². The Kier molecular flexibility index (Phi) is 4.94. The van der Waals surface area contributed by atoms with E-state index >= 15 is 0 Å². The highest BCUT2D eigenvalue weighted by Gasteiger charge is 2.20. The summed E-state index contributed by atoms with van der Waals surface area (Å²) in [4.78, 5) is 26.4. The van der Waals surface area contributed by atoms with Gasteiger partial charge in [-0.15, -0.1) is 11.3 Å². The Hall–Kier alpha value is -1.63. The highest BCUT2D eigenvalue weighted by molar-refractivity contribution is 7.09. The van der Waals surface area contributed by atoms with Crippen molar-refractivity contribution in [3.63, 3.8) is 0 Å². The molecule has 7 heteroatoms. The number of thiazole rings is 1. The normalized spacial score (nSPS) is 15.7. The first-order valence-electron chi connectivity index (χ1n) is 6.79. The monoisotopic (exact) mass is 297 g/mol. The number of amides is 2. The Morgan fingerprint density at radius 2 is 2.30 bits per heavy atom. The number of aromatic carboxylic acids is 1. The number of carboxylic acid groups (broad SMARTS) is 1. The van der Waals surface area contributed by atoms with E-state index in [1.165, 1.54) is 36.0 Å². The Morgan fingerprint density at radius 1 is 1.55 bits per heavy atom. The standard InChI is InChI=1S/C13H19N3O3S/c1-8(11-16-10(7-20-11)12(17)18)15-13(19)14-6-2-3-9-4-5-9/h7-9H,2-6H2,1H3,(H,17,18)(H2,14,15,19). The summed E-state index contributed by atoms with van der Waals surface area (Å²) < 4.78 is 0. The molecular weight excluding hydrogens is 278 g/mol. The number of rotatable bonds is 7. The van der Waals surface area contributed by atoms with Gasteiger partial charge in [0, 0.05) is 11.9 Å². The van der Waals surface area contributed by atoms with Crippen LogP contribution in [0.15, 0.2) is 5.38 Å². The Balaban J connectivity index is 1.69. The summed E-state index contributed by atoms with van der Waals surface area (Å²) >= 11 is 1.23. The Bertz CT molecular complexity index is 485. The van der Waals surface area contributed by atoms with Gasteiger partial charge in [0.2, 0.25) is 0 Å². The van der Waals surface area contributed by atoms with Gasteiger partial charge in [-0.3, -0.25) is 0 Å². The van der Waals surface area contributed by atoms with E-state index in [4.69, 9.17) is 5.11 Å². The molecule has 20 heavy (non-hydrogen) atoms. The molecule has 0 bridgehead atoms. The number of hydrogen-bond donors (Lipinski definition) is 3. The third-order valence-corrected chi connectivity index (χ3v) is 4.26. The van der Waals surface area contributed by atoms with Crippen molar-refractivity contribution in [1.29, 1.82) is 0 Å². The molecule has 2 amide bonds. The second kappa shape index (κ2) is 6.69. The van der Waals surface area contributed by atoms with Gasteiger partial charge >= 0.3 is 12.0 Å². The van der Waals surface area contributed by atoms with Crippen molar-refractivity contribution < 1.29 is 14.7 Å². The maximum atomic E-state index is 11.7. The zero-order valence-corrected chi connectivity index (χ0v) is 12.2. The van der Waals surface area contributed by atoms with E-state index < -0.39 is 5.97 Å². The van der Waals surface area contributed by atoms with Crippen molar-refractivity contribution in [1.82, 2.24) is 15.6 Å². The third-order valence-electron chi connectivity index (χ3n) is 3.23. The number of nitrogens with zero attached hydrogens (tertiary/aromatic N) is 1. The fourth-order valence-electron chi connectivity index (χ4n) is 1.89. The van der Waals surface area contributed by atoms with Gasteiger partial charge in [-0.05, 0) is 25.7 Å². The van der Waals surface area contributed by atoms with E-state index in [0.717, 1.165) is 12.3 Å². The first kappa shape index (κ1) is 14.8. The van der Waals surface area contributed by atoms with Crippen LogP contribution in [0.3, 0.4) is 0 Å². The molecule has 1 unspecified atom stereocenters. The molecule has 1 aromatic heterocycles. The van der Waals surface area contributed by atoms with Crippen molar-refractivity contribution in [2.45, 2.75) is 38.6 Å². The lowest BCUT2D eigenvalue weighted by atomic mass is 10.2. The first-order valence-corrected chi connectivity index (χ1v) is 7.67. The molecule has 3 N–H and O–H groups in total. The fraction of sp³-hybridized carbons (Fsp3) is 0.615. The molecule has 110 valence electrons. The number of carboxylic acids is 1. The van der Waals surface area contributed by atoms with Crippen LogP contribution in [0, 0.1) is 5.92 Å². The molecule has 1 aromatic rings. The first-order chi connectivity index (χ1) is 9.56. The number of nitrogens with one attached hydrogen (secondary N) is 2. The summed E-state index contributed by atoms with van der Waals surface area (Å²) in [5, 5.41) is 16.4. The SMILES string of the molecule is CC(NC(=O)NCCCC1CC1)c1nc(C(=O)O)cs1. The van der Waals surface area contributed by atoms with Crippen LogP contribution in [0.25, 0.3) is 0 Å². The molecular formula is C13H19N3O3S. The van der Waals surface area contributed by atoms with Crippen LogP contribution in [0.2, 0.25) is 0 Å². The molecule has 1 atom stereocenters. The zero-order valence-electron chi connectivity index (χ0n) is 11.4. The molecule has 1 heterocycles. The molecule has 0 radical (unpaired) electrons. The smallest absolute Gasteiger partial charge is 0.355 e. The summed E-state index contributed by atoms with van der Waals surface area (Å²) in [6.45, 7) is 2.46. The van der Waals surface area contributed by atoms with Gasteiger partial charge in [0.1, 0.15) is 5.01 Å². The summed E-state index contributed by atoms with van der Waals surface area (Å²) in [6.07, 6.45) is 4.86. The largest absolute Gasteiger partial charge is 0.476 e. The summed E-state index contributed by atoms with van der Waals surface area (Å²) in [5.41, 5.74) is 0.0171. The highest BCUT2D eigenvalue weighted by atomic mass is 32.1. The lowest BCUT2D eigenvalue weighted by Crippen LogP contribution is -2.37. The topological polar surface area (TPSA) is 91.3 Å². The zero-order chi connectivity index (χ0) is 14.5. The molecule has 0 aromatic carbocycles. The average Bonchev–Trinajstić information content (AvgIpc) is 3.07. The maximum Gasteiger partial charge on any atom is 0.355 e. The van der Waals surface area contributed by atoms with Crippen LogP contribution in [0.5, 0.6) is 0 Å². The van der Waals surface area contributed by atoms with Gasteiger partial charge in [-0.1, -0.05) is 12.8 Å². The number of carbonyl (C=O) groups is 2. The van der Waals surface area contributed by atoms with Crippen molar-refractivity contribution >= 4 is 23.3 Å². The lowest BCUT2D eigenvalue weighted by Gasteiger charge is -2.12. The molecule has 0 aliphatic heterocycles. The number of hydrogen-bond acceptors (Lipinski definition) is 4. The van der Waals surface area contributed by atoms with Crippen LogP contribution < -0.4 is 10.6 Å². The van der Waals surface area contributed by atoms with Gasteiger partial charge in [0.25, 0.3) is 0 Å². The van der Waals surface area contributed by atoms with Crippen molar-refractivity contribution in [3.05, 3.63) is 16.1 Å². The minimum absolute atomic E-state index is 0.0171. The van der Waals surface area contributed by atoms with Crippen molar-refractivity contribution in [2.24, 2.45) is 5.92 Å². The van der Waals surface area contributed by atoms with Crippen LogP contribution >= 0.6 is 11.3 Å². The van der Waals surface area contributed by atoms with Crippen LogP contribution in [0.1, 0.15) is 54.1 Å². The van der Waals surface area contributed by atoms with Crippen LogP contribution in [0.4, 0.5) is 4.79 Å². The van der Waals surface area contributed by atoms with Crippen LogP contribution in [-0.2, 0) is 0 Å². The molecule has 1 fully saturated rings. The molecule has 2 rings (SSSR count). The number of aromatic nitrogens is 1. The predicted molar refractivity (Wildman–Crippen MR) is 76.0 cm³/mol. The second-order valence-corrected chi connectivity index (χ2v) is 5.97. The Labute approximate surface area is 121 Å². The summed E-state index contributed by atoms with van der Waals surface area (Å²) in [7, 11) is 0. The van der Waals surface area contributed by atoms with Crippen molar-refractivity contribution in [2.75, 3.05) is 6.54 Å². The van der Waals surface area contributed by atoms with E-state index in [1.54, 1.807) is 6.92 Å². The maximum absolute atomic E-state index is 11.7. The van der Waals surface area contributed by atoms with E-state index in [2.05, 4.69) is 15.6 Å². The van der Waals surface area contributed by atoms with E-state index in [-0.39, 0.29) is 17.8 Å². The van der Waals surface area contributed by atoms with Gasteiger partial charge < -0.3 is 15.7 Å². The highest BCUT2D eigenvalue weighted by Crippen LogP contribution is 2.33. The lowest BCUT2D eigenvalue weighted by molar-refractivity contribution is 0.0691. The van der Waals surface area contributed by atoms with Crippen LogP contribution in [-0.4, -0.2) is 28.6 Å². The summed E-state index contributed by atoms with van der Waals surface area (Å²) in [6, 6.07) is -0.531. The van der Waals surface area contributed by atoms with E-state index in [9.17, 15) is 9.59 Å². The fourth-order valence-corrected chi connectivity index (χ4v) is 2.69. The van der Waals surface area contributed by atoms with E-state index in [1.807, 2.05) is 0 Å². The average molecular weight is 297 g/mol. The quantitative estimate of drug-likeness (QED) is 0.674. The van der Waals surface area contributed by atoms with Crippen molar-refractivity contribution in [3.8, 4) is 0 Å². The number of urea groups is 1. The Morgan fingerprint density at radius 3 is 2.90 bits per heavy atom. The molecule has 1 aliphatic rings. The minimum Gasteiger partial charge on any atom is -0.476 e. The molecule has 6 nitrogen and oxygen atoms in total. The molecule has 0 saturated heterocycles. The van der Waals surface area contributed by atoms with E-state index in [0.29, 0.717) is 11.6 Å². The van der Waals surface area contributed by atoms with Gasteiger partial charge in [0.05, 0.1) is 6.04 Å². The molecule has 1 saturated carbocycles. The third kappa shape index (κ3) is 4.48. The molecule has 0 spiro atoms.